The lowest BCUT2D eigenvalue weighted by molar-refractivity contribution is -0.125. The maximum Gasteiger partial charge on any atom is 0.244 e. The van der Waals surface area contributed by atoms with E-state index in [1.807, 2.05) is 48.5 Å². The van der Waals surface area contributed by atoms with E-state index in [0.717, 1.165) is 22.0 Å². The molecule has 0 saturated heterocycles. The number of amides is 1. The number of hydrogen-bond donors (Lipinski definition) is 2. The molecular weight excluding hydrogens is 528 g/mol. The number of fused-ring (bicyclic) bond motifs is 1. The van der Waals surface area contributed by atoms with Crippen LogP contribution in [0.3, 0.4) is 0 Å². The van der Waals surface area contributed by atoms with Crippen molar-refractivity contribution < 1.29 is 14.4 Å². The van der Waals surface area contributed by atoms with Crippen molar-refractivity contribution in [3.63, 3.8) is 0 Å². The summed E-state index contributed by atoms with van der Waals surface area (Å²) in [4.78, 5) is 41.6. The number of nitrogens with zero attached hydrogens (tertiary/aromatic N) is 4. The van der Waals surface area contributed by atoms with Gasteiger partial charge in [0.15, 0.2) is 11.6 Å². The van der Waals surface area contributed by atoms with Crippen LogP contribution < -0.4 is 5.32 Å². The van der Waals surface area contributed by atoms with Crippen LogP contribution in [0.5, 0.6) is 0 Å². The molecule has 0 radical (unpaired) electrons. The fourth-order valence-electron chi connectivity index (χ4n) is 4.51. The summed E-state index contributed by atoms with van der Waals surface area (Å²) in [5.74, 6) is -0.641. The van der Waals surface area contributed by atoms with Gasteiger partial charge in [-0.1, -0.05) is 48.0 Å². The third kappa shape index (κ3) is 6.22. The van der Waals surface area contributed by atoms with Crippen molar-refractivity contribution in [2.45, 2.75) is 25.8 Å². The first kappa shape index (κ1) is 26.7. The van der Waals surface area contributed by atoms with Crippen molar-refractivity contribution in [2.75, 3.05) is 0 Å². The van der Waals surface area contributed by atoms with Crippen LogP contribution in [-0.2, 0) is 22.4 Å². The highest BCUT2D eigenvalue weighted by Gasteiger charge is 2.21. The maximum absolute atomic E-state index is 13.5. The molecule has 0 unspecified atom stereocenters. The van der Waals surface area contributed by atoms with E-state index in [4.69, 9.17) is 11.6 Å². The number of nitrogens with one attached hydrogen (secondary N) is 2. The zero-order valence-electron chi connectivity index (χ0n) is 21.5. The van der Waals surface area contributed by atoms with Crippen LogP contribution in [0.4, 0.5) is 0 Å². The number of hydrogen-bond acceptors (Lipinski definition) is 6. The van der Waals surface area contributed by atoms with E-state index < -0.39 is 11.9 Å². The van der Waals surface area contributed by atoms with Gasteiger partial charge < -0.3 is 10.3 Å². The van der Waals surface area contributed by atoms with Crippen molar-refractivity contribution in [3.05, 3.63) is 113 Å². The Morgan fingerprint density at radius 2 is 1.88 bits per heavy atom. The Bertz CT molecular complexity index is 1710. The molecule has 3 aromatic carbocycles. The summed E-state index contributed by atoms with van der Waals surface area (Å²) in [6.07, 6.45) is 6.50. The van der Waals surface area contributed by atoms with Gasteiger partial charge in [0.05, 0.1) is 11.7 Å². The number of aromatic amines is 1. The molecule has 5 aromatic rings. The fourth-order valence-corrected chi connectivity index (χ4v) is 4.69. The van der Waals surface area contributed by atoms with Crippen molar-refractivity contribution in [2.24, 2.45) is 0 Å². The van der Waals surface area contributed by atoms with Crippen LogP contribution in [-0.4, -0.2) is 48.7 Å². The van der Waals surface area contributed by atoms with E-state index in [-0.39, 0.29) is 18.0 Å². The number of Topliss-reactive ketones (excluding diaryl/α,β-unsaturated/α-hetero) is 2. The molecule has 40 heavy (non-hydrogen) atoms. The molecule has 2 aromatic heterocycles. The second-order valence-corrected chi connectivity index (χ2v) is 9.76. The third-order valence-electron chi connectivity index (χ3n) is 6.49. The Kier molecular flexibility index (Phi) is 7.93. The van der Waals surface area contributed by atoms with Crippen LogP contribution in [0.1, 0.15) is 34.0 Å². The zero-order valence-corrected chi connectivity index (χ0v) is 22.3. The standard InChI is InChI=1S/C30H25ClN6O3/c1-19(38)25-17-32-26-10-7-21(13-24(25)26)15-29(39)27(14-20-5-3-2-4-6-20)34-30(40)12-8-22-16-23(31)9-11-28(22)37-18-33-35-36-37/h2-13,16-18,27,32H,14-15H2,1H3,(H,34,40)/b12-8+/t27-/m0/s1. The second-order valence-electron chi connectivity index (χ2n) is 9.32. The maximum atomic E-state index is 13.5. The Morgan fingerprint density at radius 1 is 1.05 bits per heavy atom. The number of H-pyrrole nitrogens is 1. The number of halogens is 1. The highest BCUT2D eigenvalue weighted by atomic mass is 35.5. The number of tetrazole rings is 1. The first-order chi connectivity index (χ1) is 19.4. The Labute approximate surface area is 234 Å². The quantitative estimate of drug-likeness (QED) is 0.193. The van der Waals surface area contributed by atoms with Crippen LogP contribution in [0.15, 0.2) is 85.3 Å². The second kappa shape index (κ2) is 11.9. The van der Waals surface area contributed by atoms with E-state index in [0.29, 0.717) is 28.3 Å². The summed E-state index contributed by atoms with van der Waals surface area (Å²) in [6.45, 7) is 1.51. The topological polar surface area (TPSA) is 123 Å². The predicted octanol–water partition coefficient (Wildman–Crippen LogP) is 4.55. The molecule has 9 nitrogen and oxygen atoms in total. The van der Waals surface area contributed by atoms with Gasteiger partial charge in [0.1, 0.15) is 6.33 Å². The third-order valence-corrected chi connectivity index (χ3v) is 6.73. The molecule has 0 fully saturated rings. The van der Waals surface area contributed by atoms with E-state index in [2.05, 4.69) is 25.8 Å². The Balaban J connectivity index is 1.37. The van der Waals surface area contributed by atoms with Crippen molar-refractivity contribution in [3.8, 4) is 5.69 Å². The molecule has 10 heteroatoms. The van der Waals surface area contributed by atoms with E-state index in [1.165, 1.54) is 24.0 Å². The van der Waals surface area contributed by atoms with Gasteiger partial charge in [0, 0.05) is 45.7 Å². The Morgan fingerprint density at radius 3 is 2.62 bits per heavy atom. The van der Waals surface area contributed by atoms with Crippen molar-refractivity contribution in [1.29, 1.82) is 0 Å². The molecular formula is C30H25ClN6O3. The smallest absolute Gasteiger partial charge is 0.244 e. The van der Waals surface area contributed by atoms with E-state index >= 15 is 0 Å². The first-order valence-corrected chi connectivity index (χ1v) is 12.9. The molecule has 0 saturated carbocycles. The Hall–Kier alpha value is -4.89. The average molecular weight is 553 g/mol. The van der Waals surface area contributed by atoms with Gasteiger partial charge in [0.25, 0.3) is 0 Å². The molecule has 0 bridgehead atoms. The van der Waals surface area contributed by atoms with Gasteiger partial charge in [0.2, 0.25) is 5.91 Å². The van der Waals surface area contributed by atoms with Gasteiger partial charge >= 0.3 is 0 Å². The lowest BCUT2D eigenvalue weighted by Crippen LogP contribution is -2.42. The van der Waals surface area contributed by atoms with Crippen molar-refractivity contribution in [1.82, 2.24) is 30.5 Å². The highest BCUT2D eigenvalue weighted by molar-refractivity contribution is 6.30. The molecule has 1 atom stereocenters. The van der Waals surface area contributed by atoms with E-state index in [1.54, 1.807) is 30.5 Å². The van der Waals surface area contributed by atoms with Gasteiger partial charge in [-0.15, -0.1) is 5.10 Å². The number of carbonyl (C=O) groups is 3. The molecule has 1 amide bonds. The lowest BCUT2D eigenvalue weighted by atomic mass is 9.96. The van der Waals surface area contributed by atoms with Crippen molar-refractivity contribution >= 4 is 46.1 Å². The summed E-state index contributed by atoms with van der Waals surface area (Å²) in [5.41, 5.74) is 4.34. The summed E-state index contributed by atoms with van der Waals surface area (Å²) in [7, 11) is 0. The molecule has 0 aliphatic heterocycles. The van der Waals surface area contributed by atoms with Gasteiger partial charge in [-0.25, -0.2) is 0 Å². The molecule has 200 valence electrons. The monoisotopic (exact) mass is 552 g/mol. The number of aromatic nitrogens is 5. The largest absolute Gasteiger partial charge is 0.360 e. The summed E-state index contributed by atoms with van der Waals surface area (Å²) >= 11 is 6.18. The number of rotatable bonds is 10. The normalized spacial score (nSPS) is 12.1. The minimum atomic E-state index is -0.771. The first-order valence-electron chi connectivity index (χ1n) is 12.6. The van der Waals surface area contributed by atoms with Gasteiger partial charge in [-0.3, -0.25) is 14.4 Å². The minimum absolute atomic E-state index is 0.0568. The van der Waals surface area contributed by atoms with Crippen LogP contribution >= 0.6 is 11.6 Å². The summed E-state index contributed by atoms with van der Waals surface area (Å²) < 4.78 is 1.47. The predicted molar refractivity (Wildman–Crippen MR) is 152 cm³/mol. The fraction of sp³-hybridized carbons (Fsp3) is 0.133. The van der Waals surface area contributed by atoms with Crippen LogP contribution in [0, 0.1) is 0 Å². The number of benzene rings is 3. The SMILES string of the molecule is CC(=O)c1c[nH]c2ccc(CC(=O)[C@H](Cc3ccccc3)NC(=O)/C=C/c3cc(Cl)ccc3-n3cnnn3)cc12. The lowest BCUT2D eigenvalue weighted by Gasteiger charge is -2.17. The summed E-state index contributed by atoms with van der Waals surface area (Å²) in [5, 5.41) is 15.3. The molecule has 0 aliphatic carbocycles. The van der Waals surface area contributed by atoms with Crippen LogP contribution in [0.2, 0.25) is 5.02 Å². The molecule has 0 spiro atoms. The zero-order chi connectivity index (χ0) is 28.1. The molecule has 5 rings (SSSR count). The van der Waals surface area contributed by atoms with E-state index in [9.17, 15) is 14.4 Å². The average Bonchev–Trinajstić information content (AvgIpc) is 3.62. The highest BCUT2D eigenvalue weighted by Crippen LogP contribution is 2.22. The van der Waals surface area contributed by atoms with Crippen LogP contribution in [0.25, 0.3) is 22.7 Å². The molecule has 2 N–H and O–H groups in total. The molecule has 0 aliphatic rings. The van der Waals surface area contributed by atoms with Gasteiger partial charge in [-0.2, -0.15) is 4.68 Å². The number of ketones is 2. The van der Waals surface area contributed by atoms with Gasteiger partial charge in [-0.05, 0) is 71.3 Å². The number of carbonyl (C=O) groups excluding carboxylic acids is 3. The molecule has 2 heterocycles. The minimum Gasteiger partial charge on any atom is -0.360 e. The summed E-state index contributed by atoms with van der Waals surface area (Å²) in [6, 6.07) is 19.4.